The number of likely N-dealkylation sites (N-methyl/N-ethyl adjacent to an activating group) is 1. The van der Waals surface area contributed by atoms with Crippen molar-refractivity contribution in [1.29, 1.82) is 0 Å². The summed E-state index contributed by atoms with van der Waals surface area (Å²) in [6.07, 6.45) is 3.97. The molecule has 90 valence electrons. The molecule has 0 radical (unpaired) electrons. The topological polar surface area (TPSA) is 84.2 Å². The Kier molecular flexibility index (Phi) is 4.94. The van der Waals surface area contributed by atoms with E-state index in [0.717, 1.165) is 5.56 Å². The van der Waals surface area contributed by atoms with E-state index in [-0.39, 0.29) is 5.91 Å². The standard InChI is InChI=1S/C10H18N4O2/c1-14(7-8-5-12-13-6-8)10(15)9(11)3-4-16-2/h5-6,9H,3-4,7,11H2,1-2H3,(H,12,13). The van der Waals surface area contributed by atoms with Gasteiger partial charge in [0.05, 0.1) is 12.2 Å². The molecule has 0 aliphatic rings. The normalized spacial score (nSPS) is 12.4. The number of amides is 1. The van der Waals surface area contributed by atoms with E-state index in [2.05, 4.69) is 10.2 Å². The monoisotopic (exact) mass is 226 g/mol. The SMILES string of the molecule is COCCC(N)C(=O)N(C)Cc1cn[nH]c1. The molecule has 0 aromatic carbocycles. The van der Waals surface area contributed by atoms with Crippen LogP contribution in [0.5, 0.6) is 0 Å². The molecule has 1 atom stereocenters. The van der Waals surface area contributed by atoms with Crippen LogP contribution >= 0.6 is 0 Å². The van der Waals surface area contributed by atoms with Crippen molar-refractivity contribution in [3.05, 3.63) is 18.0 Å². The van der Waals surface area contributed by atoms with E-state index < -0.39 is 6.04 Å². The molecule has 6 heteroatoms. The molecule has 0 aliphatic heterocycles. The number of ether oxygens (including phenoxy) is 1. The van der Waals surface area contributed by atoms with E-state index in [4.69, 9.17) is 10.5 Å². The Hall–Kier alpha value is -1.40. The summed E-state index contributed by atoms with van der Waals surface area (Å²) in [5.74, 6) is -0.0850. The number of aromatic amines is 1. The number of rotatable bonds is 6. The molecule has 1 heterocycles. The second-order valence-corrected chi connectivity index (χ2v) is 3.69. The van der Waals surface area contributed by atoms with Gasteiger partial charge in [-0.3, -0.25) is 9.89 Å². The van der Waals surface area contributed by atoms with Crippen molar-refractivity contribution in [2.45, 2.75) is 19.0 Å². The van der Waals surface area contributed by atoms with Gasteiger partial charge in [0.1, 0.15) is 0 Å². The van der Waals surface area contributed by atoms with Crippen LogP contribution in [0.25, 0.3) is 0 Å². The molecular weight excluding hydrogens is 208 g/mol. The number of aromatic nitrogens is 2. The van der Waals surface area contributed by atoms with Crippen molar-refractivity contribution in [3.8, 4) is 0 Å². The Balaban J connectivity index is 2.41. The fourth-order valence-electron chi connectivity index (χ4n) is 1.37. The van der Waals surface area contributed by atoms with Gasteiger partial charge in [-0.1, -0.05) is 0 Å². The lowest BCUT2D eigenvalue weighted by atomic mass is 10.2. The third-order valence-electron chi connectivity index (χ3n) is 2.30. The van der Waals surface area contributed by atoms with Gasteiger partial charge in [-0.05, 0) is 6.42 Å². The summed E-state index contributed by atoms with van der Waals surface area (Å²) in [4.78, 5) is 13.4. The van der Waals surface area contributed by atoms with E-state index in [1.807, 2.05) is 0 Å². The summed E-state index contributed by atoms with van der Waals surface area (Å²) in [7, 11) is 3.31. The molecule has 0 bridgehead atoms. The van der Waals surface area contributed by atoms with E-state index >= 15 is 0 Å². The van der Waals surface area contributed by atoms with Gasteiger partial charge in [0.2, 0.25) is 5.91 Å². The highest BCUT2D eigenvalue weighted by Crippen LogP contribution is 2.02. The molecule has 1 aromatic heterocycles. The quantitative estimate of drug-likeness (QED) is 0.699. The van der Waals surface area contributed by atoms with Gasteiger partial charge in [0, 0.05) is 39.1 Å². The van der Waals surface area contributed by atoms with Crippen LogP contribution in [0.3, 0.4) is 0 Å². The number of carbonyl (C=O) groups excluding carboxylic acids is 1. The molecule has 0 saturated heterocycles. The maximum absolute atomic E-state index is 11.8. The number of carbonyl (C=O) groups is 1. The predicted octanol–water partition coefficient (Wildman–Crippen LogP) is -0.268. The number of nitrogens with two attached hydrogens (primary N) is 1. The van der Waals surface area contributed by atoms with Gasteiger partial charge >= 0.3 is 0 Å². The molecule has 0 spiro atoms. The van der Waals surface area contributed by atoms with E-state index in [1.165, 1.54) is 0 Å². The highest BCUT2D eigenvalue weighted by atomic mass is 16.5. The van der Waals surface area contributed by atoms with Crippen LogP contribution in [-0.4, -0.2) is 47.8 Å². The van der Waals surface area contributed by atoms with Gasteiger partial charge in [-0.25, -0.2) is 0 Å². The molecule has 1 rings (SSSR count). The van der Waals surface area contributed by atoms with Gasteiger partial charge in [-0.2, -0.15) is 5.10 Å². The first-order chi connectivity index (χ1) is 7.65. The minimum absolute atomic E-state index is 0.0850. The summed E-state index contributed by atoms with van der Waals surface area (Å²) >= 11 is 0. The zero-order valence-corrected chi connectivity index (χ0v) is 9.64. The molecule has 0 fully saturated rings. The molecule has 6 nitrogen and oxygen atoms in total. The Morgan fingerprint density at radius 3 is 3.06 bits per heavy atom. The number of H-pyrrole nitrogens is 1. The lowest BCUT2D eigenvalue weighted by molar-refractivity contribution is -0.132. The highest BCUT2D eigenvalue weighted by Gasteiger charge is 2.17. The summed E-state index contributed by atoms with van der Waals surface area (Å²) in [5, 5.41) is 6.51. The van der Waals surface area contributed by atoms with Crippen molar-refractivity contribution in [3.63, 3.8) is 0 Å². The molecule has 1 aromatic rings. The van der Waals surface area contributed by atoms with Crippen LogP contribution in [0.4, 0.5) is 0 Å². The van der Waals surface area contributed by atoms with Crippen LogP contribution < -0.4 is 5.73 Å². The lowest BCUT2D eigenvalue weighted by Crippen LogP contribution is -2.41. The van der Waals surface area contributed by atoms with E-state index in [9.17, 15) is 4.79 Å². The Morgan fingerprint density at radius 1 is 1.75 bits per heavy atom. The Bertz CT molecular complexity index is 313. The highest BCUT2D eigenvalue weighted by molar-refractivity contribution is 5.81. The second-order valence-electron chi connectivity index (χ2n) is 3.69. The molecule has 1 unspecified atom stereocenters. The molecule has 1 amide bonds. The first kappa shape index (κ1) is 12.7. The van der Waals surface area contributed by atoms with Crippen molar-refractivity contribution < 1.29 is 9.53 Å². The van der Waals surface area contributed by atoms with Crippen LogP contribution in [0, 0.1) is 0 Å². The van der Waals surface area contributed by atoms with Crippen molar-refractivity contribution in [2.75, 3.05) is 20.8 Å². The smallest absolute Gasteiger partial charge is 0.239 e. The number of nitrogens with one attached hydrogen (secondary N) is 1. The predicted molar refractivity (Wildman–Crippen MR) is 59.5 cm³/mol. The Morgan fingerprint density at radius 2 is 2.50 bits per heavy atom. The average Bonchev–Trinajstić information content (AvgIpc) is 2.77. The first-order valence-corrected chi connectivity index (χ1v) is 5.12. The zero-order chi connectivity index (χ0) is 12.0. The summed E-state index contributed by atoms with van der Waals surface area (Å²) in [5.41, 5.74) is 6.69. The number of methoxy groups -OCH3 is 1. The lowest BCUT2D eigenvalue weighted by Gasteiger charge is -2.20. The molecule has 0 saturated carbocycles. The minimum Gasteiger partial charge on any atom is -0.385 e. The maximum Gasteiger partial charge on any atom is 0.239 e. The fraction of sp³-hybridized carbons (Fsp3) is 0.600. The number of hydrogen-bond donors (Lipinski definition) is 2. The van der Waals surface area contributed by atoms with Gasteiger partial charge in [0.25, 0.3) is 0 Å². The average molecular weight is 226 g/mol. The molecular formula is C10H18N4O2. The van der Waals surface area contributed by atoms with Crippen molar-refractivity contribution in [2.24, 2.45) is 5.73 Å². The van der Waals surface area contributed by atoms with Gasteiger partial charge in [-0.15, -0.1) is 0 Å². The van der Waals surface area contributed by atoms with Gasteiger partial charge in [0.15, 0.2) is 0 Å². The van der Waals surface area contributed by atoms with E-state index in [1.54, 1.807) is 31.5 Å². The first-order valence-electron chi connectivity index (χ1n) is 5.12. The third kappa shape index (κ3) is 3.63. The summed E-state index contributed by atoms with van der Waals surface area (Å²) in [6.45, 7) is 1.00. The largest absolute Gasteiger partial charge is 0.385 e. The van der Waals surface area contributed by atoms with Crippen LogP contribution in [0.15, 0.2) is 12.4 Å². The fourth-order valence-corrected chi connectivity index (χ4v) is 1.37. The van der Waals surface area contributed by atoms with Crippen molar-refractivity contribution >= 4 is 5.91 Å². The van der Waals surface area contributed by atoms with Crippen LogP contribution in [0.1, 0.15) is 12.0 Å². The summed E-state index contributed by atoms with van der Waals surface area (Å²) in [6, 6.07) is -0.503. The summed E-state index contributed by atoms with van der Waals surface area (Å²) < 4.78 is 4.88. The van der Waals surface area contributed by atoms with Crippen LogP contribution in [-0.2, 0) is 16.1 Å². The zero-order valence-electron chi connectivity index (χ0n) is 9.64. The number of hydrogen-bond acceptors (Lipinski definition) is 4. The number of nitrogens with zero attached hydrogens (tertiary/aromatic N) is 2. The molecule has 16 heavy (non-hydrogen) atoms. The second kappa shape index (κ2) is 6.24. The third-order valence-corrected chi connectivity index (χ3v) is 2.30. The van der Waals surface area contributed by atoms with Crippen molar-refractivity contribution in [1.82, 2.24) is 15.1 Å². The minimum atomic E-state index is -0.503. The Labute approximate surface area is 94.8 Å². The van der Waals surface area contributed by atoms with Crippen LogP contribution in [0.2, 0.25) is 0 Å². The molecule has 3 N–H and O–H groups in total. The van der Waals surface area contributed by atoms with Gasteiger partial charge < -0.3 is 15.4 Å². The molecule has 0 aliphatic carbocycles. The van der Waals surface area contributed by atoms with E-state index in [0.29, 0.717) is 19.6 Å². The maximum atomic E-state index is 11.8.